The van der Waals surface area contributed by atoms with Crippen LogP contribution in [-0.2, 0) is 4.79 Å². The Labute approximate surface area is 182 Å². The van der Waals surface area contributed by atoms with Crippen LogP contribution in [0.5, 0.6) is 0 Å². The Morgan fingerprint density at radius 2 is 1.97 bits per heavy atom. The number of rotatable bonds is 5. The number of thioether (sulfide) groups is 1. The molecule has 1 amide bonds. The summed E-state index contributed by atoms with van der Waals surface area (Å²) in [6.07, 6.45) is 7.69. The van der Waals surface area contributed by atoms with Crippen molar-refractivity contribution in [3.63, 3.8) is 0 Å². The summed E-state index contributed by atoms with van der Waals surface area (Å²) in [5.41, 5.74) is 2.32. The van der Waals surface area contributed by atoms with Crippen molar-refractivity contribution >= 4 is 29.2 Å². The fraction of sp³-hybridized carbons (Fsp3) is 0.333. The van der Waals surface area contributed by atoms with E-state index in [1.165, 1.54) is 11.8 Å². The standard InChI is InChI=1S/C21H20FN7OS/c1-11-3-4-14(7-15(11)19-23-8-13(22)9-24-19)26-20(30)17-6-12-5-16(12)29(17)18-10-25-21(31-2)28-27-18/h3-4,7-10,12,16-17H,5-6H2,1-2H3,(H,26,30)/t12-,16-,17+/m0/s1. The molecule has 1 aliphatic heterocycles. The number of anilines is 2. The van der Waals surface area contributed by atoms with Crippen molar-refractivity contribution in [3.8, 4) is 11.4 Å². The highest BCUT2D eigenvalue weighted by molar-refractivity contribution is 7.98. The minimum absolute atomic E-state index is 0.0993. The number of amides is 1. The Hall–Kier alpha value is -3.14. The maximum Gasteiger partial charge on any atom is 0.247 e. The van der Waals surface area contributed by atoms with E-state index in [0.29, 0.717) is 34.4 Å². The topological polar surface area (TPSA) is 96.8 Å². The Bertz CT molecular complexity index is 1130. The number of nitrogens with one attached hydrogen (secondary N) is 1. The number of aromatic nitrogens is 5. The van der Waals surface area contributed by atoms with Gasteiger partial charge < -0.3 is 10.2 Å². The molecular formula is C21H20FN7OS. The lowest BCUT2D eigenvalue weighted by molar-refractivity contribution is -0.117. The average molecular weight is 438 g/mol. The Morgan fingerprint density at radius 3 is 2.68 bits per heavy atom. The summed E-state index contributed by atoms with van der Waals surface area (Å²) in [5, 5.41) is 12.0. The summed E-state index contributed by atoms with van der Waals surface area (Å²) in [5.74, 6) is 0.951. The number of nitrogens with zero attached hydrogens (tertiary/aromatic N) is 6. The second-order valence-corrected chi connectivity index (χ2v) is 8.54. The van der Waals surface area contributed by atoms with Crippen molar-refractivity contribution in [1.29, 1.82) is 0 Å². The first-order valence-corrected chi connectivity index (χ1v) is 11.2. The van der Waals surface area contributed by atoms with Crippen LogP contribution >= 0.6 is 11.8 Å². The zero-order valence-electron chi connectivity index (χ0n) is 17.0. The molecule has 1 saturated heterocycles. The molecule has 3 atom stereocenters. The fourth-order valence-corrected chi connectivity index (χ4v) is 4.39. The predicted octanol–water partition coefficient (Wildman–Crippen LogP) is 3.10. The number of hydrogen-bond donors (Lipinski definition) is 1. The first-order valence-electron chi connectivity index (χ1n) is 9.95. The lowest BCUT2D eigenvalue weighted by atomic mass is 10.1. The third kappa shape index (κ3) is 3.83. The molecule has 31 heavy (non-hydrogen) atoms. The molecule has 158 valence electrons. The zero-order valence-corrected chi connectivity index (χ0v) is 17.8. The van der Waals surface area contributed by atoms with Gasteiger partial charge in [0, 0.05) is 17.3 Å². The predicted molar refractivity (Wildman–Crippen MR) is 115 cm³/mol. The normalized spacial score (nSPS) is 21.6. The van der Waals surface area contributed by atoms with Gasteiger partial charge in [-0.15, -0.1) is 10.2 Å². The van der Waals surface area contributed by atoms with E-state index < -0.39 is 5.82 Å². The highest BCUT2D eigenvalue weighted by Crippen LogP contribution is 2.49. The van der Waals surface area contributed by atoms with Crippen molar-refractivity contribution in [2.24, 2.45) is 5.92 Å². The van der Waals surface area contributed by atoms with Crippen molar-refractivity contribution in [3.05, 3.63) is 48.2 Å². The Morgan fingerprint density at radius 1 is 1.16 bits per heavy atom. The molecule has 2 aromatic heterocycles. The van der Waals surface area contributed by atoms with Crippen LogP contribution in [0.2, 0.25) is 0 Å². The monoisotopic (exact) mass is 437 g/mol. The van der Waals surface area contributed by atoms with Crippen LogP contribution in [0.4, 0.5) is 15.9 Å². The third-order valence-corrected chi connectivity index (χ3v) is 6.30. The van der Waals surface area contributed by atoms with Crippen LogP contribution in [0.1, 0.15) is 18.4 Å². The highest BCUT2D eigenvalue weighted by Gasteiger charge is 2.55. The average Bonchev–Trinajstić information content (AvgIpc) is 3.45. The number of aryl methyl sites for hydroxylation is 1. The molecule has 0 unspecified atom stereocenters. The van der Waals surface area contributed by atoms with Crippen LogP contribution in [-0.4, -0.2) is 49.4 Å². The van der Waals surface area contributed by atoms with Gasteiger partial charge in [0.05, 0.1) is 18.6 Å². The molecule has 8 nitrogen and oxygen atoms in total. The van der Waals surface area contributed by atoms with E-state index in [-0.39, 0.29) is 11.9 Å². The minimum Gasteiger partial charge on any atom is -0.339 e. The molecule has 0 spiro atoms. The Balaban J connectivity index is 1.37. The molecule has 2 aliphatic rings. The minimum atomic E-state index is -0.492. The van der Waals surface area contributed by atoms with Crippen molar-refractivity contribution in [2.45, 2.75) is 37.0 Å². The van der Waals surface area contributed by atoms with Crippen LogP contribution in [0.25, 0.3) is 11.4 Å². The van der Waals surface area contributed by atoms with Crippen molar-refractivity contribution < 1.29 is 9.18 Å². The van der Waals surface area contributed by atoms with Gasteiger partial charge in [0.25, 0.3) is 0 Å². The first kappa shape index (κ1) is 19.8. The van der Waals surface area contributed by atoms with Gasteiger partial charge in [0.1, 0.15) is 6.04 Å². The lowest BCUT2D eigenvalue weighted by Crippen LogP contribution is -2.42. The summed E-state index contributed by atoms with van der Waals surface area (Å²) in [7, 11) is 0. The van der Waals surface area contributed by atoms with Crippen LogP contribution in [0, 0.1) is 18.7 Å². The molecular weight excluding hydrogens is 417 g/mol. The van der Waals surface area contributed by atoms with E-state index in [1.54, 1.807) is 6.20 Å². The maximum atomic E-state index is 13.2. The molecule has 0 radical (unpaired) electrons. The summed E-state index contributed by atoms with van der Waals surface area (Å²) in [6, 6.07) is 5.53. The van der Waals surface area contributed by atoms with Gasteiger partial charge >= 0.3 is 0 Å². The first-order chi connectivity index (χ1) is 15.0. The molecule has 3 heterocycles. The number of benzene rings is 1. The van der Waals surface area contributed by atoms with Crippen LogP contribution < -0.4 is 10.2 Å². The van der Waals surface area contributed by atoms with E-state index in [1.807, 2.05) is 36.3 Å². The summed E-state index contributed by atoms with van der Waals surface area (Å²) in [6.45, 7) is 1.92. The van der Waals surface area contributed by atoms with E-state index in [2.05, 4.69) is 30.5 Å². The number of carbonyl (C=O) groups excluding carboxylic acids is 1. The number of piperidine rings is 1. The summed E-state index contributed by atoms with van der Waals surface area (Å²) in [4.78, 5) is 27.6. The molecule has 2 fully saturated rings. The van der Waals surface area contributed by atoms with Gasteiger partial charge in [-0.1, -0.05) is 17.8 Å². The largest absolute Gasteiger partial charge is 0.339 e. The van der Waals surface area contributed by atoms with Crippen molar-refractivity contribution in [1.82, 2.24) is 25.1 Å². The van der Waals surface area contributed by atoms with E-state index >= 15 is 0 Å². The van der Waals surface area contributed by atoms with Gasteiger partial charge in [-0.25, -0.2) is 19.3 Å². The molecule has 1 saturated carbocycles. The van der Waals surface area contributed by atoms with Gasteiger partial charge in [-0.2, -0.15) is 0 Å². The second kappa shape index (κ2) is 7.84. The van der Waals surface area contributed by atoms with Crippen LogP contribution in [0.3, 0.4) is 0 Å². The van der Waals surface area contributed by atoms with E-state index in [9.17, 15) is 9.18 Å². The van der Waals surface area contributed by atoms with E-state index in [4.69, 9.17) is 0 Å². The fourth-order valence-electron chi connectivity index (χ4n) is 4.11. The lowest BCUT2D eigenvalue weighted by Gasteiger charge is -2.27. The van der Waals surface area contributed by atoms with Gasteiger partial charge in [0.15, 0.2) is 17.5 Å². The van der Waals surface area contributed by atoms with Gasteiger partial charge in [0.2, 0.25) is 11.1 Å². The molecule has 3 aromatic rings. The van der Waals surface area contributed by atoms with Gasteiger partial charge in [-0.3, -0.25) is 4.79 Å². The summed E-state index contributed by atoms with van der Waals surface area (Å²) < 4.78 is 13.2. The molecule has 1 aliphatic carbocycles. The molecule has 10 heteroatoms. The SMILES string of the molecule is CSc1ncc(N2[C@@H](C(=O)Nc3ccc(C)c(-c4ncc(F)cn4)c3)C[C@@H]3C[C@@H]32)nn1. The Kier molecular flexibility index (Phi) is 5.01. The summed E-state index contributed by atoms with van der Waals surface area (Å²) >= 11 is 1.43. The maximum absolute atomic E-state index is 13.2. The highest BCUT2D eigenvalue weighted by atomic mass is 32.2. The smallest absolute Gasteiger partial charge is 0.247 e. The zero-order chi connectivity index (χ0) is 21.5. The number of fused-ring (bicyclic) bond motifs is 1. The van der Waals surface area contributed by atoms with Gasteiger partial charge in [-0.05, 0) is 49.6 Å². The quantitative estimate of drug-likeness (QED) is 0.608. The molecule has 5 rings (SSSR count). The third-order valence-electron chi connectivity index (χ3n) is 5.75. The van der Waals surface area contributed by atoms with Crippen LogP contribution in [0.15, 0.2) is 41.9 Å². The number of carbonyl (C=O) groups is 1. The molecule has 1 N–H and O–H groups in total. The van der Waals surface area contributed by atoms with Crippen molar-refractivity contribution in [2.75, 3.05) is 16.5 Å². The molecule has 0 bridgehead atoms. The number of halogens is 1. The van der Waals surface area contributed by atoms with E-state index in [0.717, 1.165) is 36.4 Å². The second-order valence-electron chi connectivity index (χ2n) is 7.77. The number of hydrogen-bond acceptors (Lipinski definition) is 8. The molecule has 1 aromatic carbocycles.